The highest BCUT2D eigenvalue weighted by Crippen LogP contribution is 2.37. The van der Waals surface area contributed by atoms with Crippen LogP contribution in [0.5, 0.6) is 11.5 Å². The Labute approximate surface area is 183 Å². The number of benzene rings is 2. The van der Waals surface area contributed by atoms with E-state index in [4.69, 9.17) is 33.3 Å². The summed E-state index contributed by atoms with van der Waals surface area (Å²) in [6.07, 6.45) is 1.43. The van der Waals surface area contributed by atoms with Gasteiger partial charge in [-0.15, -0.1) is 0 Å². The van der Waals surface area contributed by atoms with Crippen LogP contribution in [-0.2, 0) is 16.2 Å². The summed E-state index contributed by atoms with van der Waals surface area (Å²) in [4.78, 5) is 27.4. The number of likely N-dealkylation sites (N-methyl/N-ethyl adjacent to an activating group) is 2. The number of rotatable bonds is 5. The molecule has 2 aromatic carbocycles. The maximum atomic E-state index is 13.0. The summed E-state index contributed by atoms with van der Waals surface area (Å²) in [5, 5.41) is 0.360. The fraction of sp³-hybridized carbons (Fsp3) is 0.190. The fourth-order valence-corrected chi connectivity index (χ4v) is 3.28. The van der Waals surface area contributed by atoms with Crippen LogP contribution in [0, 0.1) is 5.82 Å². The molecule has 0 radical (unpaired) electrons. The Morgan fingerprint density at radius 1 is 1.10 bits per heavy atom. The lowest BCUT2D eigenvalue weighted by atomic mass is 10.1. The summed E-state index contributed by atoms with van der Waals surface area (Å²) >= 11 is 11.5. The number of amides is 2. The Kier molecular flexibility index (Phi) is 6.38. The Morgan fingerprint density at radius 2 is 1.70 bits per heavy atom. The van der Waals surface area contributed by atoms with Crippen molar-refractivity contribution < 1.29 is 23.5 Å². The molecular formula is C21H18ClFN2O4S. The van der Waals surface area contributed by atoms with Gasteiger partial charge >= 0.3 is 0 Å². The molecule has 3 rings (SSSR count). The largest absolute Gasteiger partial charge is 0.493 e. The van der Waals surface area contributed by atoms with Crippen LogP contribution in [0.25, 0.3) is 6.08 Å². The molecule has 156 valence electrons. The number of nitrogens with zero attached hydrogens (tertiary/aromatic N) is 2. The van der Waals surface area contributed by atoms with Gasteiger partial charge in [0.2, 0.25) is 0 Å². The molecule has 1 aliphatic rings. The van der Waals surface area contributed by atoms with Crippen LogP contribution in [0.4, 0.5) is 4.39 Å². The third kappa shape index (κ3) is 4.29. The molecule has 0 aliphatic carbocycles. The minimum Gasteiger partial charge on any atom is -0.493 e. The molecule has 1 heterocycles. The molecule has 1 saturated heterocycles. The first-order valence-corrected chi connectivity index (χ1v) is 9.58. The zero-order valence-electron chi connectivity index (χ0n) is 16.4. The predicted molar refractivity (Wildman–Crippen MR) is 115 cm³/mol. The summed E-state index contributed by atoms with van der Waals surface area (Å²) in [7, 11) is 4.45. The second-order valence-corrected chi connectivity index (χ2v) is 7.29. The van der Waals surface area contributed by atoms with Crippen molar-refractivity contribution in [2.24, 2.45) is 0 Å². The van der Waals surface area contributed by atoms with E-state index in [-0.39, 0.29) is 28.1 Å². The molecular weight excluding hydrogens is 431 g/mol. The molecule has 1 aliphatic heterocycles. The maximum Gasteiger partial charge on any atom is 0.265 e. The smallest absolute Gasteiger partial charge is 0.265 e. The standard InChI is InChI=1S/C21H18ClFN2O4S/c1-24-19(26)15(20(27)25(2)21(24)30)8-13-9-16(22)18(17(10-13)28-3)29-11-12-4-6-14(23)7-5-12/h4-10H,11H2,1-3H3. The molecule has 1 fully saturated rings. The Morgan fingerprint density at radius 3 is 2.27 bits per heavy atom. The van der Waals surface area contributed by atoms with Gasteiger partial charge in [-0.05, 0) is 53.7 Å². The number of methoxy groups -OCH3 is 1. The van der Waals surface area contributed by atoms with Crippen molar-refractivity contribution >= 4 is 46.8 Å². The number of hydrogen-bond donors (Lipinski definition) is 0. The number of ether oxygens (including phenoxy) is 2. The van der Waals surface area contributed by atoms with E-state index in [0.29, 0.717) is 17.1 Å². The molecule has 6 nitrogen and oxygen atoms in total. The fourth-order valence-electron chi connectivity index (χ4n) is 2.84. The van der Waals surface area contributed by atoms with E-state index in [1.165, 1.54) is 49.2 Å². The Bertz CT molecular complexity index is 1030. The Hall–Kier alpha value is -2.97. The minimum absolute atomic E-state index is 0.0494. The van der Waals surface area contributed by atoms with Gasteiger partial charge in [0.15, 0.2) is 16.6 Å². The molecule has 0 unspecified atom stereocenters. The SMILES string of the molecule is COc1cc(C=C2C(=O)N(C)C(=S)N(C)C2=O)cc(Cl)c1OCc1ccc(F)cc1. The summed E-state index contributed by atoms with van der Waals surface area (Å²) in [5.74, 6) is -0.730. The molecule has 0 aromatic heterocycles. The zero-order valence-corrected chi connectivity index (χ0v) is 18.0. The molecule has 0 saturated carbocycles. The van der Waals surface area contributed by atoms with Crippen LogP contribution in [0.1, 0.15) is 11.1 Å². The van der Waals surface area contributed by atoms with Crippen LogP contribution in [-0.4, -0.2) is 47.9 Å². The lowest BCUT2D eigenvalue weighted by Gasteiger charge is -2.31. The highest BCUT2D eigenvalue weighted by atomic mass is 35.5. The average molecular weight is 449 g/mol. The quantitative estimate of drug-likeness (QED) is 0.397. The molecule has 2 aromatic rings. The highest BCUT2D eigenvalue weighted by Gasteiger charge is 2.35. The first kappa shape index (κ1) is 21.7. The second kappa shape index (κ2) is 8.81. The van der Waals surface area contributed by atoms with Crippen LogP contribution in [0.2, 0.25) is 5.02 Å². The predicted octanol–water partition coefficient (Wildman–Crippen LogP) is 3.67. The molecule has 9 heteroatoms. The van der Waals surface area contributed by atoms with Crippen molar-refractivity contribution in [3.8, 4) is 11.5 Å². The van der Waals surface area contributed by atoms with E-state index in [0.717, 1.165) is 5.56 Å². The summed E-state index contributed by atoms with van der Waals surface area (Å²) in [5.41, 5.74) is 1.19. The van der Waals surface area contributed by atoms with Crippen LogP contribution < -0.4 is 9.47 Å². The van der Waals surface area contributed by atoms with Crippen LogP contribution >= 0.6 is 23.8 Å². The van der Waals surface area contributed by atoms with Crippen LogP contribution in [0.15, 0.2) is 42.0 Å². The van der Waals surface area contributed by atoms with Gasteiger partial charge in [-0.3, -0.25) is 19.4 Å². The number of carbonyl (C=O) groups is 2. The van der Waals surface area contributed by atoms with E-state index in [1.807, 2.05) is 0 Å². The van der Waals surface area contributed by atoms with Crippen molar-refractivity contribution in [1.29, 1.82) is 0 Å². The molecule has 30 heavy (non-hydrogen) atoms. The van der Waals surface area contributed by atoms with Crippen LogP contribution in [0.3, 0.4) is 0 Å². The van der Waals surface area contributed by atoms with Crippen molar-refractivity contribution in [1.82, 2.24) is 9.80 Å². The van der Waals surface area contributed by atoms with Gasteiger partial charge in [0.25, 0.3) is 11.8 Å². The normalized spacial score (nSPS) is 14.3. The maximum absolute atomic E-state index is 13.0. The van der Waals surface area contributed by atoms with Gasteiger partial charge in [0, 0.05) is 14.1 Å². The topological polar surface area (TPSA) is 59.1 Å². The highest BCUT2D eigenvalue weighted by molar-refractivity contribution is 7.80. The van der Waals surface area contributed by atoms with E-state index in [2.05, 4.69) is 0 Å². The molecule has 2 amide bonds. The van der Waals surface area contributed by atoms with E-state index in [9.17, 15) is 14.0 Å². The van der Waals surface area contributed by atoms with Crippen molar-refractivity contribution in [3.63, 3.8) is 0 Å². The molecule has 0 atom stereocenters. The summed E-state index contributed by atoms with van der Waals surface area (Å²) in [6.45, 7) is 0.154. The number of halogens is 2. The zero-order chi connectivity index (χ0) is 22.0. The van der Waals surface area contributed by atoms with E-state index in [1.54, 1.807) is 24.3 Å². The number of carbonyl (C=O) groups excluding carboxylic acids is 2. The molecule has 0 spiro atoms. The first-order chi connectivity index (χ1) is 14.2. The third-order valence-electron chi connectivity index (χ3n) is 4.50. The van der Waals surface area contributed by atoms with Gasteiger partial charge in [-0.25, -0.2) is 4.39 Å². The molecule has 0 bridgehead atoms. The van der Waals surface area contributed by atoms with Gasteiger partial charge in [0.05, 0.1) is 12.1 Å². The van der Waals surface area contributed by atoms with Crippen molar-refractivity contribution in [2.75, 3.05) is 21.2 Å². The summed E-state index contributed by atoms with van der Waals surface area (Å²) < 4.78 is 24.2. The lowest BCUT2D eigenvalue weighted by molar-refractivity contribution is -0.132. The van der Waals surface area contributed by atoms with Gasteiger partial charge in [0.1, 0.15) is 18.0 Å². The van der Waals surface area contributed by atoms with Crippen molar-refractivity contribution in [3.05, 3.63) is 63.9 Å². The van der Waals surface area contributed by atoms with Crippen molar-refractivity contribution in [2.45, 2.75) is 6.61 Å². The first-order valence-electron chi connectivity index (χ1n) is 8.79. The average Bonchev–Trinajstić information content (AvgIpc) is 2.74. The van der Waals surface area contributed by atoms with E-state index < -0.39 is 11.8 Å². The third-order valence-corrected chi connectivity index (χ3v) is 5.33. The number of hydrogen-bond acceptors (Lipinski definition) is 5. The lowest BCUT2D eigenvalue weighted by Crippen LogP contribution is -2.52. The van der Waals surface area contributed by atoms with Gasteiger partial charge in [-0.2, -0.15) is 0 Å². The van der Waals surface area contributed by atoms with E-state index >= 15 is 0 Å². The second-order valence-electron chi connectivity index (χ2n) is 6.52. The number of thiocarbonyl (C=S) groups is 1. The monoisotopic (exact) mass is 448 g/mol. The summed E-state index contributed by atoms with van der Waals surface area (Å²) in [6, 6.07) is 9.05. The van der Waals surface area contributed by atoms with Gasteiger partial charge < -0.3 is 9.47 Å². The molecule has 0 N–H and O–H groups in total. The van der Waals surface area contributed by atoms with Gasteiger partial charge in [-0.1, -0.05) is 23.7 Å². The minimum atomic E-state index is -0.505. The Balaban J connectivity index is 1.90.